The summed E-state index contributed by atoms with van der Waals surface area (Å²) in [5.74, 6) is -1.67. The molecule has 4 nitrogen and oxygen atoms in total. The van der Waals surface area contributed by atoms with E-state index in [0.29, 0.717) is 5.69 Å². The van der Waals surface area contributed by atoms with Gasteiger partial charge in [-0.1, -0.05) is 24.3 Å². The van der Waals surface area contributed by atoms with Crippen LogP contribution >= 0.6 is 0 Å². The molecule has 16 heavy (non-hydrogen) atoms. The van der Waals surface area contributed by atoms with Crippen molar-refractivity contribution >= 4 is 16.9 Å². The second kappa shape index (κ2) is 4.28. The number of nitrogens with two attached hydrogens (primary N) is 1. The first kappa shape index (κ1) is 10.6. The minimum atomic E-state index is -0.940. The Morgan fingerprint density at radius 2 is 2.06 bits per heavy atom. The third kappa shape index (κ3) is 1.87. The van der Waals surface area contributed by atoms with Crippen LogP contribution in [0.4, 0.5) is 0 Å². The second-order valence-corrected chi connectivity index (χ2v) is 3.56. The van der Waals surface area contributed by atoms with Crippen molar-refractivity contribution in [2.45, 2.75) is 5.92 Å². The van der Waals surface area contributed by atoms with Crippen molar-refractivity contribution < 1.29 is 9.90 Å². The lowest BCUT2D eigenvalue weighted by atomic mass is 10.0. The smallest absolute Gasteiger partial charge is 0.313 e. The van der Waals surface area contributed by atoms with Crippen molar-refractivity contribution in [2.24, 2.45) is 5.73 Å². The number of fused-ring (bicyclic) bond motifs is 1. The van der Waals surface area contributed by atoms with Crippen LogP contribution in [-0.2, 0) is 4.79 Å². The third-order valence-corrected chi connectivity index (χ3v) is 2.51. The molecule has 0 aliphatic carbocycles. The highest BCUT2D eigenvalue weighted by atomic mass is 16.4. The number of para-hydroxylation sites is 1. The summed E-state index contributed by atoms with van der Waals surface area (Å²) in [6.07, 6.45) is 0. The zero-order chi connectivity index (χ0) is 11.5. The normalized spacial score (nSPS) is 12.6. The Kier molecular flexibility index (Phi) is 2.83. The van der Waals surface area contributed by atoms with Crippen LogP contribution < -0.4 is 5.73 Å². The maximum atomic E-state index is 10.9. The molecule has 2 rings (SSSR count). The van der Waals surface area contributed by atoms with Gasteiger partial charge in [-0.2, -0.15) is 0 Å². The van der Waals surface area contributed by atoms with Crippen molar-refractivity contribution in [1.82, 2.24) is 4.98 Å². The van der Waals surface area contributed by atoms with Gasteiger partial charge >= 0.3 is 5.97 Å². The van der Waals surface area contributed by atoms with E-state index < -0.39 is 11.9 Å². The van der Waals surface area contributed by atoms with Gasteiger partial charge < -0.3 is 10.8 Å². The van der Waals surface area contributed by atoms with E-state index in [4.69, 9.17) is 10.8 Å². The molecule has 0 amide bonds. The van der Waals surface area contributed by atoms with Gasteiger partial charge in [0.1, 0.15) is 5.92 Å². The average Bonchev–Trinajstić information content (AvgIpc) is 2.29. The monoisotopic (exact) mass is 216 g/mol. The summed E-state index contributed by atoms with van der Waals surface area (Å²) >= 11 is 0. The van der Waals surface area contributed by atoms with Crippen molar-refractivity contribution in [3.63, 3.8) is 0 Å². The zero-order valence-corrected chi connectivity index (χ0v) is 8.63. The van der Waals surface area contributed by atoms with Crippen molar-refractivity contribution in [3.05, 3.63) is 42.1 Å². The second-order valence-electron chi connectivity index (χ2n) is 3.56. The summed E-state index contributed by atoms with van der Waals surface area (Å²) in [5, 5.41) is 9.97. The van der Waals surface area contributed by atoms with E-state index in [-0.39, 0.29) is 6.54 Å². The molecule has 0 spiro atoms. The van der Waals surface area contributed by atoms with Gasteiger partial charge in [0.25, 0.3) is 0 Å². The predicted octanol–water partition coefficient (Wildman–Crippen LogP) is 1.36. The molecule has 1 aromatic heterocycles. The molecule has 1 heterocycles. The molecule has 3 N–H and O–H groups in total. The molecular formula is C12H12N2O2. The summed E-state index contributed by atoms with van der Waals surface area (Å²) in [6, 6.07) is 11.2. The molecule has 1 unspecified atom stereocenters. The summed E-state index contributed by atoms with van der Waals surface area (Å²) in [7, 11) is 0. The topological polar surface area (TPSA) is 76.2 Å². The first-order chi connectivity index (χ1) is 7.72. The molecule has 4 heteroatoms. The van der Waals surface area contributed by atoms with Crippen LogP contribution in [0.2, 0.25) is 0 Å². The summed E-state index contributed by atoms with van der Waals surface area (Å²) < 4.78 is 0. The van der Waals surface area contributed by atoms with Crippen LogP contribution in [0.1, 0.15) is 11.6 Å². The Labute approximate surface area is 92.7 Å². The number of carboxylic acid groups (broad SMARTS) is 1. The third-order valence-electron chi connectivity index (χ3n) is 2.51. The van der Waals surface area contributed by atoms with Crippen molar-refractivity contribution in [3.8, 4) is 0 Å². The zero-order valence-electron chi connectivity index (χ0n) is 8.63. The molecule has 1 aromatic carbocycles. The maximum Gasteiger partial charge on any atom is 0.313 e. The highest BCUT2D eigenvalue weighted by molar-refractivity contribution is 5.81. The molecule has 0 aliphatic rings. The minimum absolute atomic E-state index is 0.0562. The van der Waals surface area contributed by atoms with Gasteiger partial charge in [-0.05, 0) is 12.1 Å². The maximum absolute atomic E-state index is 10.9. The molecular weight excluding hydrogens is 204 g/mol. The first-order valence-electron chi connectivity index (χ1n) is 5.01. The summed E-state index contributed by atoms with van der Waals surface area (Å²) in [5.41, 5.74) is 6.73. The predicted molar refractivity (Wildman–Crippen MR) is 61.2 cm³/mol. The van der Waals surface area contributed by atoms with Crippen LogP contribution in [0.3, 0.4) is 0 Å². The molecule has 0 aliphatic heterocycles. The number of carbonyl (C=O) groups is 1. The number of carboxylic acids is 1. The van der Waals surface area contributed by atoms with E-state index in [0.717, 1.165) is 10.9 Å². The number of pyridine rings is 1. The van der Waals surface area contributed by atoms with Gasteiger partial charge in [-0.15, -0.1) is 0 Å². The summed E-state index contributed by atoms with van der Waals surface area (Å²) in [6.45, 7) is 0.0562. The fourth-order valence-electron chi connectivity index (χ4n) is 1.62. The average molecular weight is 216 g/mol. The lowest BCUT2D eigenvalue weighted by Gasteiger charge is -2.09. The Morgan fingerprint density at radius 3 is 2.75 bits per heavy atom. The number of rotatable bonds is 3. The highest BCUT2D eigenvalue weighted by Crippen LogP contribution is 2.17. The number of nitrogens with zero attached hydrogens (tertiary/aromatic N) is 1. The number of hydrogen-bond donors (Lipinski definition) is 2. The van der Waals surface area contributed by atoms with Crippen LogP contribution in [0.5, 0.6) is 0 Å². The van der Waals surface area contributed by atoms with E-state index in [2.05, 4.69) is 4.98 Å². The number of aromatic nitrogens is 1. The molecule has 0 radical (unpaired) electrons. The standard InChI is InChI=1S/C12H12N2O2/c13-7-9(12(15)16)11-6-5-8-3-1-2-4-10(8)14-11/h1-6,9H,7,13H2,(H,15,16). The fraction of sp³-hybridized carbons (Fsp3) is 0.167. The van der Waals surface area contributed by atoms with Gasteiger partial charge in [0.15, 0.2) is 0 Å². The van der Waals surface area contributed by atoms with Crippen LogP contribution in [-0.4, -0.2) is 22.6 Å². The molecule has 82 valence electrons. The molecule has 0 bridgehead atoms. The van der Waals surface area contributed by atoms with E-state index in [1.807, 2.05) is 30.3 Å². The molecule has 0 saturated heterocycles. The van der Waals surface area contributed by atoms with Gasteiger partial charge in [-0.3, -0.25) is 9.78 Å². The van der Waals surface area contributed by atoms with E-state index in [9.17, 15) is 4.79 Å². The molecule has 1 atom stereocenters. The number of benzene rings is 1. The quantitative estimate of drug-likeness (QED) is 0.812. The molecule has 0 fully saturated rings. The van der Waals surface area contributed by atoms with Crippen molar-refractivity contribution in [2.75, 3.05) is 6.54 Å². The fourth-order valence-corrected chi connectivity index (χ4v) is 1.62. The largest absolute Gasteiger partial charge is 0.481 e. The van der Waals surface area contributed by atoms with Crippen LogP contribution in [0, 0.1) is 0 Å². The highest BCUT2D eigenvalue weighted by Gasteiger charge is 2.19. The number of aliphatic carboxylic acids is 1. The van der Waals surface area contributed by atoms with Gasteiger partial charge in [0.2, 0.25) is 0 Å². The lowest BCUT2D eigenvalue weighted by Crippen LogP contribution is -2.22. The molecule has 0 saturated carbocycles. The van der Waals surface area contributed by atoms with E-state index in [1.54, 1.807) is 6.07 Å². The lowest BCUT2D eigenvalue weighted by molar-refractivity contribution is -0.138. The Morgan fingerprint density at radius 1 is 1.31 bits per heavy atom. The van der Waals surface area contributed by atoms with Gasteiger partial charge in [0, 0.05) is 11.9 Å². The Hall–Kier alpha value is -1.94. The SMILES string of the molecule is NCC(C(=O)O)c1ccc2ccccc2n1. The summed E-state index contributed by atoms with van der Waals surface area (Å²) in [4.78, 5) is 15.3. The number of hydrogen-bond acceptors (Lipinski definition) is 3. The minimum Gasteiger partial charge on any atom is -0.481 e. The van der Waals surface area contributed by atoms with Crippen LogP contribution in [0.25, 0.3) is 10.9 Å². The van der Waals surface area contributed by atoms with Crippen molar-refractivity contribution in [1.29, 1.82) is 0 Å². The molecule has 2 aromatic rings. The van der Waals surface area contributed by atoms with Crippen LogP contribution in [0.15, 0.2) is 36.4 Å². The van der Waals surface area contributed by atoms with Gasteiger partial charge in [-0.25, -0.2) is 0 Å². The van der Waals surface area contributed by atoms with Gasteiger partial charge in [0.05, 0.1) is 11.2 Å². The van der Waals surface area contributed by atoms with E-state index in [1.165, 1.54) is 0 Å². The first-order valence-corrected chi connectivity index (χ1v) is 5.01. The van der Waals surface area contributed by atoms with E-state index >= 15 is 0 Å². The Bertz CT molecular complexity index is 525. The Balaban J connectivity index is 2.49.